The lowest BCUT2D eigenvalue weighted by atomic mass is 10.1. The summed E-state index contributed by atoms with van der Waals surface area (Å²) in [5.74, 6) is -0.879. The molecule has 2 rings (SSSR count). The lowest BCUT2D eigenvalue weighted by Gasteiger charge is -2.11. The molecule has 0 aliphatic carbocycles. The molecular weight excluding hydrogens is 208 g/mol. The number of rotatable bonds is 3. The molecular formula is C11H14N2O3. The molecule has 0 saturated heterocycles. The molecule has 1 aromatic rings. The smallest absolute Gasteiger partial charge is 0.328 e. The first kappa shape index (κ1) is 10.9. The summed E-state index contributed by atoms with van der Waals surface area (Å²) in [5.41, 5.74) is 1.97. The molecule has 86 valence electrons. The quantitative estimate of drug-likeness (QED) is 0.838. The summed E-state index contributed by atoms with van der Waals surface area (Å²) < 4.78 is 6.67. The van der Waals surface area contributed by atoms with E-state index in [1.165, 1.54) is 4.68 Å². The Kier molecular flexibility index (Phi) is 3.05. The number of ether oxygens (including phenoxy) is 1. The zero-order valence-corrected chi connectivity index (χ0v) is 9.09. The monoisotopic (exact) mass is 222 g/mol. The summed E-state index contributed by atoms with van der Waals surface area (Å²) in [6.45, 7) is 2.92. The van der Waals surface area contributed by atoms with Gasteiger partial charge in [0.2, 0.25) is 0 Å². The van der Waals surface area contributed by atoms with Gasteiger partial charge >= 0.3 is 5.97 Å². The van der Waals surface area contributed by atoms with Gasteiger partial charge in [-0.3, -0.25) is 4.68 Å². The molecule has 5 heteroatoms. The van der Waals surface area contributed by atoms with E-state index in [1.807, 2.05) is 12.1 Å². The van der Waals surface area contributed by atoms with E-state index in [0.717, 1.165) is 17.7 Å². The summed E-state index contributed by atoms with van der Waals surface area (Å²) in [7, 11) is 0. The molecule has 1 atom stereocenters. The van der Waals surface area contributed by atoms with Crippen LogP contribution in [0.4, 0.5) is 0 Å². The third-order valence-electron chi connectivity index (χ3n) is 2.65. The molecule has 5 nitrogen and oxygen atoms in total. The predicted molar refractivity (Wildman–Crippen MR) is 58.0 cm³/mol. The number of nitrogens with zero attached hydrogens (tertiary/aromatic N) is 2. The minimum atomic E-state index is -0.879. The van der Waals surface area contributed by atoms with Crippen molar-refractivity contribution in [2.24, 2.45) is 0 Å². The molecule has 0 saturated carbocycles. The normalized spacial score (nSPS) is 17.9. The lowest BCUT2D eigenvalue weighted by molar-refractivity contribution is -0.140. The SMILES string of the molecule is CC(C(=O)O)n1ccc(C2=CCOCC2)n1. The minimum Gasteiger partial charge on any atom is -0.480 e. The number of carboxylic acids is 1. The highest BCUT2D eigenvalue weighted by atomic mass is 16.5. The van der Waals surface area contributed by atoms with E-state index in [-0.39, 0.29) is 0 Å². The summed E-state index contributed by atoms with van der Waals surface area (Å²) >= 11 is 0. The maximum atomic E-state index is 10.8. The van der Waals surface area contributed by atoms with E-state index in [0.29, 0.717) is 13.2 Å². The van der Waals surface area contributed by atoms with Gasteiger partial charge in [-0.1, -0.05) is 6.08 Å². The Hall–Kier alpha value is -1.62. The van der Waals surface area contributed by atoms with Crippen molar-refractivity contribution in [3.05, 3.63) is 24.0 Å². The van der Waals surface area contributed by atoms with Crippen molar-refractivity contribution in [3.8, 4) is 0 Å². The van der Waals surface area contributed by atoms with E-state index < -0.39 is 12.0 Å². The molecule has 0 spiro atoms. The van der Waals surface area contributed by atoms with Gasteiger partial charge in [0.1, 0.15) is 6.04 Å². The van der Waals surface area contributed by atoms with Gasteiger partial charge in [-0.25, -0.2) is 4.79 Å². The Morgan fingerprint density at radius 2 is 2.50 bits per heavy atom. The highest BCUT2D eigenvalue weighted by molar-refractivity contribution is 5.71. The number of carbonyl (C=O) groups is 1. The van der Waals surface area contributed by atoms with Crippen LogP contribution in [0, 0.1) is 0 Å². The zero-order valence-electron chi connectivity index (χ0n) is 9.09. The second-order valence-electron chi connectivity index (χ2n) is 3.75. The summed E-state index contributed by atoms with van der Waals surface area (Å²) in [6, 6.07) is 1.21. The van der Waals surface area contributed by atoms with Gasteiger partial charge in [-0.2, -0.15) is 5.10 Å². The third kappa shape index (κ3) is 2.14. The predicted octanol–water partition coefficient (Wildman–Crippen LogP) is 1.33. The third-order valence-corrected chi connectivity index (χ3v) is 2.65. The summed E-state index contributed by atoms with van der Waals surface area (Å²) in [5, 5.41) is 13.1. The van der Waals surface area contributed by atoms with E-state index in [4.69, 9.17) is 9.84 Å². The molecule has 0 fully saturated rings. The highest BCUT2D eigenvalue weighted by Gasteiger charge is 2.16. The molecule has 2 heterocycles. The topological polar surface area (TPSA) is 64.3 Å². The molecule has 0 amide bonds. The van der Waals surface area contributed by atoms with Gasteiger partial charge in [0.05, 0.1) is 18.9 Å². The first-order valence-corrected chi connectivity index (χ1v) is 5.23. The van der Waals surface area contributed by atoms with Gasteiger partial charge in [0, 0.05) is 6.20 Å². The first-order chi connectivity index (χ1) is 7.68. The van der Waals surface area contributed by atoms with Crippen LogP contribution >= 0.6 is 0 Å². The average molecular weight is 222 g/mol. The largest absolute Gasteiger partial charge is 0.480 e. The van der Waals surface area contributed by atoms with Gasteiger partial charge in [-0.05, 0) is 25.0 Å². The summed E-state index contributed by atoms with van der Waals surface area (Å²) in [6.07, 6.45) is 4.52. The molecule has 0 radical (unpaired) electrons. The van der Waals surface area contributed by atoms with Crippen molar-refractivity contribution in [1.82, 2.24) is 9.78 Å². The van der Waals surface area contributed by atoms with Crippen LogP contribution < -0.4 is 0 Å². The van der Waals surface area contributed by atoms with Crippen LogP contribution in [0.15, 0.2) is 18.3 Å². The fourth-order valence-corrected chi connectivity index (χ4v) is 1.60. The Morgan fingerprint density at radius 1 is 1.69 bits per heavy atom. The molecule has 1 N–H and O–H groups in total. The van der Waals surface area contributed by atoms with Crippen molar-refractivity contribution < 1.29 is 14.6 Å². The van der Waals surface area contributed by atoms with Gasteiger partial charge in [-0.15, -0.1) is 0 Å². The number of carboxylic acid groups (broad SMARTS) is 1. The van der Waals surface area contributed by atoms with Crippen LogP contribution in [0.2, 0.25) is 0 Å². The van der Waals surface area contributed by atoms with Crippen LogP contribution in [-0.4, -0.2) is 34.1 Å². The molecule has 1 aromatic heterocycles. The standard InChI is InChI=1S/C11H14N2O3/c1-8(11(14)15)13-5-2-10(12-13)9-3-6-16-7-4-9/h2-3,5,8H,4,6-7H2,1H3,(H,14,15). The fourth-order valence-electron chi connectivity index (χ4n) is 1.60. The first-order valence-electron chi connectivity index (χ1n) is 5.23. The second-order valence-corrected chi connectivity index (χ2v) is 3.75. The van der Waals surface area contributed by atoms with Crippen LogP contribution in [0.5, 0.6) is 0 Å². The van der Waals surface area contributed by atoms with E-state index in [9.17, 15) is 4.79 Å². The maximum absolute atomic E-state index is 10.8. The van der Waals surface area contributed by atoms with Crippen molar-refractivity contribution in [2.45, 2.75) is 19.4 Å². The average Bonchev–Trinajstić information content (AvgIpc) is 2.78. The van der Waals surface area contributed by atoms with Crippen LogP contribution in [0.25, 0.3) is 5.57 Å². The van der Waals surface area contributed by atoms with E-state index in [1.54, 1.807) is 13.1 Å². The van der Waals surface area contributed by atoms with E-state index >= 15 is 0 Å². The van der Waals surface area contributed by atoms with Crippen molar-refractivity contribution >= 4 is 11.5 Å². The van der Waals surface area contributed by atoms with Gasteiger partial charge in [0.25, 0.3) is 0 Å². The molecule has 1 aliphatic heterocycles. The second kappa shape index (κ2) is 4.49. The Balaban J connectivity index is 2.19. The molecule has 16 heavy (non-hydrogen) atoms. The molecule has 1 aliphatic rings. The number of aromatic nitrogens is 2. The minimum absolute atomic E-state index is 0.608. The van der Waals surface area contributed by atoms with Gasteiger partial charge < -0.3 is 9.84 Å². The Bertz CT molecular complexity index is 423. The molecule has 1 unspecified atom stereocenters. The van der Waals surface area contributed by atoms with E-state index in [2.05, 4.69) is 5.10 Å². The van der Waals surface area contributed by atoms with Gasteiger partial charge in [0.15, 0.2) is 0 Å². The maximum Gasteiger partial charge on any atom is 0.328 e. The lowest BCUT2D eigenvalue weighted by Crippen LogP contribution is -2.16. The van der Waals surface area contributed by atoms with Crippen LogP contribution in [0.1, 0.15) is 25.1 Å². The number of aliphatic carboxylic acids is 1. The van der Waals surface area contributed by atoms with Crippen molar-refractivity contribution in [1.29, 1.82) is 0 Å². The number of hydrogen-bond acceptors (Lipinski definition) is 3. The van der Waals surface area contributed by atoms with Crippen LogP contribution in [0.3, 0.4) is 0 Å². The fraction of sp³-hybridized carbons (Fsp3) is 0.455. The van der Waals surface area contributed by atoms with Crippen molar-refractivity contribution in [3.63, 3.8) is 0 Å². The Morgan fingerprint density at radius 3 is 3.12 bits per heavy atom. The zero-order chi connectivity index (χ0) is 11.5. The molecule has 0 aromatic carbocycles. The van der Waals surface area contributed by atoms with Crippen molar-refractivity contribution in [2.75, 3.05) is 13.2 Å². The van der Waals surface area contributed by atoms with Crippen LogP contribution in [-0.2, 0) is 9.53 Å². The highest BCUT2D eigenvalue weighted by Crippen LogP contribution is 2.20. The number of hydrogen-bond donors (Lipinski definition) is 1. The Labute approximate surface area is 93.3 Å². The molecule has 0 bridgehead atoms. The summed E-state index contributed by atoms with van der Waals surface area (Å²) in [4.78, 5) is 10.8.